The molecule has 16 heavy (non-hydrogen) atoms. The molecule has 1 aromatic rings. The van der Waals surface area contributed by atoms with E-state index in [0.717, 1.165) is 29.9 Å². The third-order valence-corrected chi connectivity index (χ3v) is 2.53. The monoisotopic (exact) mass is 220 g/mol. The predicted octanol–water partition coefficient (Wildman–Crippen LogP) is 3.60. The van der Waals surface area contributed by atoms with Crippen LogP contribution in [0.5, 0.6) is 11.5 Å². The van der Waals surface area contributed by atoms with E-state index in [1.54, 1.807) is 7.11 Å². The first-order valence-electron chi connectivity index (χ1n) is 5.65. The van der Waals surface area contributed by atoms with E-state index in [9.17, 15) is 0 Å². The summed E-state index contributed by atoms with van der Waals surface area (Å²) in [5, 5.41) is 0. The van der Waals surface area contributed by atoms with E-state index in [0.29, 0.717) is 0 Å². The van der Waals surface area contributed by atoms with E-state index in [-0.39, 0.29) is 6.10 Å². The summed E-state index contributed by atoms with van der Waals surface area (Å²) < 4.78 is 11.0. The molecule has 0 aliphatic rings. The number of ether oxygens (including phenoxy) is 2. The molecule has 2 nitrogen and oxygen atoms in total. The molecule has 0 aliphatic heterocycles. The summed E-state index contributed by atoms with van der Waals surface area (Å²) in [4.78, 5) is 0. The van der Waals surface area contributed by atoms with Crippen LogP contribution in [0, 0.1) is 0 Å². The second-order valence-electron chi connectivity index (χ2n) is 3.80. The quantitative estimate of drug-likeness (QED) is 0.682. The Bertz CT molecular complexity index is 345. The van der Waals surface area contributed by atoms with Gasteiger partial charge in [0.2, 0.25) is 0 Å². The van der Waals surface area contributed by atoms with Gasteiger partial charge in [-0.2, -0.15) is 0 Å². The van der Waals surface area contributed by atoms with Crippen molar-refractivity contribution in [3.63, 3.8) is 0 Å². The second kappa shape index (κ2) is 6.21. The standard InChI is InChI=1S/C14H20O2/c1-5-7-12-10-13(15-4)8-9-14(12)16-11(3)6-2/h5,8-11H,1,6-7H2,2-4H3. The van der Waals surface area contributed by atoms with Crippen molar-refractivity contribution in [3.05, 3.63) is 36.4 Å². The lowest BCUT2D eigenvalue weighted by atomic mass is 10.1. The molecule has 0 heterocycles. The Labute approximate surface area is 97.9 Å². The van der Waals surface area contributed by atoms with Crippen molar-refractivity contribution in [2.75, 3.05) is 7.11 Å². The Morgan fingerprint density at radius 2 is 2.19 bits per heavy atom. The van der Waals surface area contributed by atoms with Gasteiger partial charge in [0.15, 0.2) is 0 Å². The molecule has 0 saturated carbocycles. The average Bonchev–Trinajstić information content (AvgIpc) is 2.31. The van der Waals surface area contributed by atoms with Crippen LogP contribution < -0.4 is 9.47 Å². The molecule has 0 spiro atoms. The van der Waals surface area contributed by atoms with Crippen molar-refractivity contribution < 1.29 is 9.47 Å². The maximum absolute atomic E-state index is 5.84. The van der Waals surface area contributed by atoms with Crippen molar-refractivity contribution in [2.45, 2.75) is 32.8 Å². The lowest BCUT2D eigenvalue weighted by molar-refractivity contribution is 0.215. The number of rotatable bonds is 6. The number of allylic oxidation sites excluding steroid dienone is 1. The number of methoxy groups -OCH3 is 1. The Morgan fingerprint density at radius 3 is 2.75 bits per heavy atom. The molecule has 1 atom stereocenters. The van der Waals surface area contributed by atoms with Crippen LogP contribution >= 0.6 is 0 Å². The molecule has 0 N–H and O–H groups in total. The van der Waals surface area contributed by atoms with Crippen LogP contribution in [0.15, 0.2) is 30.9 Å². The molecule has 1 aromatic carbocycles. The van der Waals surface area contributed by atoms with E-state index in [1.165, 1.54) is 0 Å². The Balaban J connectivity index is 2.92. The van der Waals surface area contributed by atoms with E-state index < -0.39 is 0 Å². The third-order valence-electron chi connectivity index (χ3n) is 2.53. The topological polar surface area (TPSA) is 18.5 Å². The van der Waals surface area contributed by atoms with Gasteiger partial charge in [0.05, 0.1) is 13.2 Å². The van der Waals surface area contributed by atoms with Crippen LogP contribution in [-0.4, -0.2) is 13.2 Å². The smallest absolute Gasteiger partial charge is 0.123 e. The van der Waals surface area contributed by atoms with Gasteiger partial charge in [0.1, 0.15) is 11.5 Å². The summed E-state index contributed by atoms with van der Waals surface area (Å²) in [7, 11) is 1.67. The summed E-state index contributed by atoms with van der Waals surface area (Å²) in [6, 6.07) is 5.88. The van der Waals surface area contributed by atoms with Gasteiger partial charge >= 0.3 is 0 Å². The predicted molar refractivity (Wildman–Crippen MR) is 67.3 cm³/mol. The number of hydrogen-bond acceptors (Lipinski definition) is 2. The zero-order valence-electron chi connectivity index (χ0n) is 10.3. The third kappa shape index (κ3) is 3.30. The lowest BCUT2D eigenvalue weighted by Gasteiger charge is -2.16. The van der Waals surface area contributed by atoms with Crippen molar-refractivity contribution >= 4 is 0 Å². The van der Waals surface area contributed by atoms with Crippen molar-refractivity contribution in [1.82, 2.24) is 0 Å². The minimum absolute atomic E-state index is 0.233. The Morgan fingerprint density at radius 1 is 1.44 bits per heavy atom. The molecule has 88 valence electrons. The van der Waals surface area contributed by atoms with E-state index >= 15 is 0 Å². The highest BCUT2D eigenvalue weighted by molar-refractivity contribution is 5.41. The minimum Gasteiger partial charge on any atom is -0.497 e. The fraction of sp³-hybridized carbons (Fsp3) is 0.429. The summed E-state index contributed by atoms with van der Waals surface area (Å²) in [5.41, 5.74) is 1.12. The van der Waals surface area contributed by atoms with E-state index in [2.05, 4.69) is 20.4 Å². The molecular weight excluding hydrogens is 200 g/mol. The van der Waals surface area contributed by atoms with E-state index in [1.807, 2.05) is 24.3 Å². The highest BCUT2D eigenvalue weighted by Gasteiger charge is 2.07. The van der Waals surface area contributed by atoms with Crippen LogP contribution in [0.1, 0.15) is 25.8 Å². The zero-order chi connectivity index (χ0) is 12.0. The zero-order valence-corrected chi connectivity index (χ0v) is 10.3. The Hall–Kier alpha value is -1.44. The SMILES string of the molecule is C=CCc1cc(OC)ccc1OC(C)CC. The summed E-state index contributed by atoms with van der Waals surface area (Å²) in [5.74, 6) is 1.78. The molecule has 0 aliphatic carbocycles. The summed E-state index contributed by atoms with van der Waals surface area (Å²) in [6.07, 6.45) is 3.90. The molecule has 1 unspecified atom stereocenters. The molecule has 0 aromatic heterocycles. The van der Waals surface area contributed by atoms with Gasteiger partial charge in [-0.1, -0.05) is 13.0 Å². The first-order valence-corrected chi connectivity index (χ1v) is 5.65. The van der Waals surface area contributed by atoms with Gasteiger partial charge in [0, 0.05) is 5.56 Å². The molecular formula is C14H20O2. The maximum Gasteiger partial charge on any atom is 0.123 e. The number of benzene rings is 1. The van der Waals surface area contributed by atoms with Gasteiger partial charge in [-0.3, -0.25) is 0 Å². The first-order chi connectivity index (χ1) is 7.71. The summed E-state index contributed by atoms with van der Waals surface area (Å²) in [6.45, 7) is 7.94. The highest BCUT2D eigenvalue weighted by Crippen LogP contribution is 2.26. The maximum atomic E-state index is 5.84. The van der Waals surface area contributed by atoms with Gasteiger partial charge in [0.25, 0.3) is 0 Å². The van der Waals surface area contributed by atoms with Crippen LogP contribution in [0.3, 0.4) is 0 Å². The average molecular weight is 220 g/mol. The van der Waals surface area contributed by atoms with Crippen LogP contribution in [0.4, 0.5) is 0 Å². The van der Waals surface area contributed by atoms with Gasteiger partial charge in [-0.15, -0.1) is 6.58 Å². The fourth-order valence-corrected chi connectivity index (χ4v) is 1.41. The van der Waals surface area contributed by atoms with Gasteiger partial charge < -0.3 is 9.47 Å². The largest absolute Gasteiger partial charge is 0.497 e. The number of hydrogen-bond donors (Lipinski definition) is 0. The van der Waals surface area contributed by atoms with Crippen molar-refractivity contribution in [3.8, 4) is 11.5 Å². The normalized spacial score (nSPS) is 11.9. The highest BCUT2D eigenvalue weighted by atomic mass is 16.5. The van der Waals surface area contributed by atoms with Crippen molar-refractivity contribution in [2.24, 2.45) is 0 Å². The van der Waals surface area contributed by atoms with Crippen LogP contribution in [0.2, 0.25) is 0 Å². The summed E-state index contributed by atoms with van der Waals surface area (Å²) >= 11 is 0. The van der Waals surface area contributed by atoms with Crippen LogP contribution in [0.25, 0.3) is 0 Å². The molecule has 0 amide bonds. The van der Waals surface area contributed by atoms with Crippen LogP contribution in [-0.2, 0) is 6.42 Å². The molecule has 0 fully saturated rings. The van der Waals surface area contributed by atoms with Gasteiger partial charge in [-0.05, 0) is 38.0 Å². The first kappa shape index (κ1) is 12.6. The molecule has 0 bridgehead atoms. The van der Waals surface area contributed by atoms with Gasteiger partial charge in [-0.25, -0.2) is 0 Å². The fourth-order valence-electron chi connectivity index (χ4n) is 1.41. The molecule has 0 radical (unpaired) electrons. The molecule has 0 saturated heterocycles. The lowest BCUT2D eigenvalue weighted by Crippen LogP contribution is -2.11. The molecule has 2 heteroatoms. The second-order valence-corrected chi connectivity index (χ2v) is 3.80. The van der Waals surface area contributed by atoms with E-state index in [4.69, 9.17) is 9.47 Å². The Kier molecular flexibility index (Phi) is 4.90. The minimum atomic E-state index is 0.233. The molecule has 1 rings (SSSR count). The van der Waals surface area contributed by atoms with Crippen molar-refractivity contribution in [1.29, 1.82) is 0 Å².